The first-order chi connectivity index (χ1) is 7.92. The van der Waals surface area contributed by atoms with Crippen LogP contribution in [0.15, 0.2) is 41.8 Å². The summed E-state index contributed by atoms with van der Waals surface area (Å²) in [5.41, 5.74) is 2.72. The van der Waals surface area contributed by atoms with Crippen molar-refractivity contribution in [3.63, 3.8) is 0 Å². The minimum atomic E-state index is 0.783. The maximum atomic E-state index is 3.55. The van der Waals surface area contributed by atoms with E-state index in [-0.39, 0.29) is 0 Å². The summed E-state index contributed by atoms with van der Waals surface area (Å²) in [6.45, 7) is 1.00. The SMILES string of the molecule is c1cc(CNC2CC2)cc(-c2cccs2)c1. The number of benzene rings is 1. The highest BCUT2D eigenvalue weighted by Crippen LogP contribution is 2.25. The van der Waals surface area contributed by atoms with E-state index in [1.54, 1.807) is 11.3 Å². The molecule has 16 heavy (non-hydrogen) atoms. The molecule has 1 aromatic heterocycles. The summed E-state index contributed by atoms with van der Waals surface area (Å²) in [7, 11) is 0. The third-order valence-electron chi connectivity index (χ3n) is 2.90. The molecule has 1 aliphatic carbocycles. The highest BCUT2D eigenvalue weighted by atomic mass is 32.1. The molecule has 0 atom stereocenters. The van der Waals surface area contributed by atoms with Crippen LogP contribution in [0.1, 0.15) is 18.4 Å². The largest absolute Gasteiger partial charge is 0.310 e. The van der Waals surface area contributed by atoms with Gasteiger partial charge in [-0.3, -0.25) is 0 Å². The maximum absolute atomic E-state index is 3.55. The van der Waals surface area contributed by atoms with E-state index in [9.17, 15) is 0 Å². The van der Waals surface area contributed by atoms with Crippen molar-refractivity contribution in [3.8, 4) is 10.4 Å². The van der Waals surface area contributed by atoms with E-state index in [0.29, 0.717) is 0 Å². The summed E-state index contributed by atoms with van der Waals surface area (Å²) in [6, 6.07) is 13.9. The minimum Gasteiger partial charge on any atom is -0.310 e. The van der Waals surface area contributed by atoms with Gasteiger partial charge in [-0.05, 0) is 41.5 Å². The van der Waals surface area contributed by atoms with Gasteiger partial charge in [0.1, 0.15) is 0 Å². The Hall–Kier alpha value is -1.12. The standard InChI is InChI=1S/C14H15NS/c1-3-11(10-15-13-6-7-13)9-12(4-1)14-5-2-8-16-14/h1-5,8-9,13,15H,6-7,10H2. The van der Waals surface area contributed by atoms with Gasteiger partial charge in [-0.15, -0.1) is 11.3 Å². The van der Waals surface area contributed by atoms with Crippen molar-refractivity contribution in [1.82, 2.24) is 5.32 Å². The van der Waals surface area contributed by atoms with Gasteiger partial charge in [-0.25, -0.2) is 0 Å². The van der Waals surface area contributed by atoms with Crippen molar-refractivity contribution in [2.75, 3.05) is 0 Å². The monoisotopic (exact) mass is 229 g/mol. The zero-order valence-corrected chi connectivity index (χ0v) is 9.96. The normalized spacial score (nSPS) is 15.2. The lowest BCUT2D eigenvalue weighted by Crippen LogP contribution is -2.15. The summed E-state index contributed by atoms with van der Waals surface area (Å²) in [5.74, 6) is 0. The van der Waals surface area contributed by atoms with E-state index in [4.69, 9.17) is 0 Å². The number of thiophene rings is 1. The smallest absolute Gasteiger partial charge is 0.0342 e. The quantitative estimate of drug-likeness (QED) is 0.843. The topological polar surface area (TPSA) is 12.0 Å². The van der Waals surface area contributed by atoms with Gasteiger partial charge >= 0.3 is 0 Å². The van der Waals surface area contributed by atoms with Crippen LogP contribution in [0.3, 0.4) is 0 Å². The van der Waals surface area contributed by atoms with Crippen LogP contribution in [0.5, 0.6) is 0 Å². The third kappa shape index (κ3) is 2.34. The van der Waals surface area contributed by atoms with E-state index in [1.807, 2.05) is 0 Å². The summed E-state index contributed by atoms with van der Waals surface area (Å²) < 4.78 is 0. The first-order valence-corrected chi connectivity index (χ1v) is 6.66. The third-order valence-corrected chi connectivity index (χ3v) is 3.82. The molecule has 2 heteroatoms. The number of hydrogen-bond donors (Lipinski definition) is 1. The fourth-order valence-corrected chi connectivity index (χ4v) is 2.55. The van der Waals surface area contributed by atoms with E-state index < -0.39 is 0 Å². The molecule has 0 amide bonds. The van der Waals surface area contributed by atoms with Gasteiger partial charge in [0.25, 0.3) is 0 Å². The zero-order chi connectivity index (χ0) is 10.8. The van der Waals surface area contributed by atoms with Crippen molar-refractivity contribution < 1.29 is 0 Å². The number of rotatable bonds is 4. The lowest BCUT2D eigenvalue weighted by Gasteiger charge is -2.05. The van der Waals surface area contributed by atoms with Gasteiger partial charge in [0.15, 0.2) is 0 Å². The van der Waals surface area contributed by atoms with Crippen LogP contribution in [0.2, 0.25) is 0 Å². The predicted molar refractivity (Wildman–Crippen MR) is 69.6 cm³/mol. The van der Waals surface area contributed by atoms with Crippen LogP contribution in [0, 0.1) is 0 Å². The first-order valence-electron chi connectivity index (χ1n) is 5.78. The summed E-state index contributed by atoms with van der Waals surface area (Å²) in [4.78, 5) is 1.35. The average molecular weight is 229 g/mol. The lowest BCUT2D eigenvalue weighted by molar-refractivity contribution is 0.688. The Kier molecular flexibility index (Phi) is 2.77. The highest BCUT2D eigenvalue weighted by molar-refractivity contribution is 7.13. The second-order valence-electron chi connectivity index (χ2n) is 4.33. The molecular weight excluding hydrogens is 214 g/mol. The lowest BCUT2D eigenvalue weighted by atomic mass is 10.1. The van der Waals surface area contributed by atoms with Gasteiger partial charge in [-0.1, -0.05) is 24.3 Å². The van der Waals surface area contributed by atoms with Crippen LogP contribution >= 0.6 is 11.3 Å². The molecular formula is C14H15NS. The molecule has 0 aliphatic heterocycles. The number of hydrogen-bond acceptors (Lipinski definition) is 2. The Morgan fingerprint density at radius 3 is 2.88 bits per heavy atom. The van der Waals surface area contributed by atoms with Crippen molar-refractivity contribution in [2.45, 2.75) is 25.4 Å². The van der Waals surface area contributed by atoms with E-state index in [2.05, 4.69) is 47.1 Å². The van der Waals surface area contributed by atoms with Crippen LogP contribution in [-0.4, -0.2) is 6.04 Å². The minimum absolute atomic E-state index is 0.783. The Balaban J connectivity index is 1.76. The van der Waals surface area contributed by atoms with Gasteiger partial charge < -0.3 is 5.32 Å². The molecule has 2 aromatic rings. The molecule has 82 valence electrons. The molecule has 1 nitrogen and oxygen atoms in total. The van der Waals surface area contributed by atoms with Gasteiger partial charge in [-0.2, -0.15) is 0 Å². The van der Waals surface area contributed by atoms with Crippen LogP contribution in [-0.2, 0) is 6.54 Å². The average Bonchev–Trinajstić information content (AvgIpc) is 2.99. The van der Waals surface area contributed by atoms with Gasteiger partial charge in [0.2, 0.25) is 0 Å². The van der Waals surface area contributed by atoms with Crippen LogP contribution in [0.4, 0.5) is 0 Å². The van der Waals surface area contributed by atoms with Crippen molar-refractivity contribution >= 4 is 11.3 Å². The molecule has 1 aromatic carbocycles. The number of nitrogens with one attached hydrogen (secondary N) is 1. The second-order valence-corrected chi connectivity index (χ2v) is 5.28. The van der Waals surface area contributed by atoms with E-state index >= 15 is 0 Å². The Morgan fingerprint density at radius 2 is 2.12 bits per heavy atom. The van der Waals surface area contributed by atoms with E-state index in [1.165, 1.54) is 28.8 Å². The summed E-state index contributed by atoms with van der Waals surface area (Å²) in [6.07, 6.45) is 2.70. The molecule has 0 spiro atoms. The Morgan fingerprint density at radius 1 is 1.19 bits per heavy atom. The Labute approximate surface area is 100 Å². The maximum Gasteiger partial charge on any atom is 0.0342 e. The summed E-state index contributed by atoms with van der Waals surface area (Å²) >= 11 is 1.80. The molecule has 0 bridgehead atoms. The molecule has 1 saturated carbocycles. The molecule has 0 unspecified atom stereocenters. The molecule has 1 N–H and O–H groups in total. The van der Waals surface area contributed by atoms with Crippen LogP contribution < -0.4 is 5.32 Å². The molecule has 1 heterocycles. The van der Waals surface area contributed by atoms with Crippen molar-refractivity contribution in [3.05, 3.63) is 47.3 Å². The fourth-order valence-electron chi connectivity index (χ4n) is 1.83. The fraction of sp³-hybridized carbons (Fsp3) is 0.286. The van der Waals surface area contributed by atoms with Gasteiger partial charge in [0, 0.05) is 17.5 Å². The second kappa shape index (κ2) is 4.40. The van der Waals surface area contributed by atoms with E-state index in [0.717, 1.165) is 12.6 Å². The van der Waals surface area contributed by atoms with Crippen LogP contribution in [0.25, 0.3) is 10.4 Å². The van der Waals surface area contributed by atoms with Crippen molar-refractivity contribution in [2.24, 2.45) is 0 Å². The predicted octanol–water partition coefficient (Wildman–Crippen LogP) is 3.67. The molecule has 1 aliphatic rings. The van der Waals surface area contributed by atoms with Gasteiger partial charge in [0.05, 0.1) is 0 Å². The van der Waals surface area contributed by atoms with Crippen molar-refractivity contribution in [1.29, 1.82) is 0 Å². The molecule has 1 fully saturated rings. The Bertz CT molecular complexity index is 457. The summed E-state index contributed by atoms with van der Waals surface area (Å²) in [5, 5.41) is 5.68. The molecule has 0 saturated heterocycles. The molecule has 3 rings (SSSR count). The highest BCUT2D eigenvalue weighted by Gasteiger charge is 2.19. The first kappa shape index (κ1) is 10.1. The molecule has 0 radical (unpaired) electrons. The zero-order valence-electron chi connectivity index (χ0n) is 9.15.